The van der Waals surface area contributed by atoms with Gasteiger partial charge in [-0.1, -0.05) is 6.07 Å². The lowest BCUT2D eigenvalue weighted by Gasteiger charge is -2.07. The zero-order chi connectivity index (χ0) is 17.4. The molecule has 0 fully saturated rings. The summed E-state index contributed by atoms with van der Waals surface area (Å²) in [5, 5.41) is 21.8. The molecule has 9 heteroatoms. The third kappa shape index (κ3) is 3.04. The van der Waals surface area contributed by atoms with E-state index in [4.69, 9.17) is 0 Å². The quantitative estimate of drug-likeness (QED) is 0.625. The highest BCUT2D eigenvalue weighted by molar-refractivity contribution is 7.91. The molecule has 0 spiro atoms. The van der Waals surface area contributed by atoms with E-state index in [1.54, 1.807) is 19.9 Å². The smallest absolute Gasteiger partial charge is 0.258 e. The van der Waals surface area contributed by atoms with Crippen molar-refractivity contribution in [2.45, 2.75) is 23.6 Å². The average molecular weight is 336 g/mol. The van der Waals surface area contributed by atoms with E-state index >= 15 is 0 Å². The molecule has 8 nitrogen and oxygen atoms in total. The zero-order valence-corrected chi connectivity index (χ0v) is 13.0. The maximum absolute atomic E-state index is 12.6. The first kappa shape index (κ1) is 16.6. The van der Waals surface area contributed by atoms with Crippen molar-refractivity contribution >= 4 is 21.2 Å². The van der Waals surface area contributed by atoms with Gasteiger partial charge in [0.2, 0.25) is 9.84 Å². The minimum absolute atomic E-state index is 0.0995. The largest absolute Gasteiger partial charge is 0.295 e. The number of benzene rings is 2. The van der Waals surface area contributed by atoms with Crippen LogP contribution in [0.2, 0.25) is 0 Å². The first-order valence-corrected chi connectivity index (χ1v) is 7.88. The number of nitro benzene ring substituents is 2. The van der Waals surface area contributed by atoms with Crippen molar-refractivity contribution in [1.29, 1.82) is 0 Å². The highest BCUT2D eigenvalue weighted by atomic mass is 32.2. The predicted molar refractivity (Wildman–Crippen MR) is 81.1 cm³/mol. The Kier molecular flexibility index (Phi) is 4.15. The van der Waals surface area contributed by atoms with Gasteiger partial charge in [-0.3, -0.25) is 20.2 Å². The van der Waals surface area contributed by atoms with Gasteiger partial charge in [-0.2, -0.15) is 0 Å². The Morgan fingerprint density at radius 3 is 2.04 bits per heavy atom. The van der Waals surface area contributed by atoms with Gasteiger partial charge in [0.1, 0.15) is 4.90 Å². The molecule has 0 aliphatic heterocycles. The van der Waals surface area contributed by atoms with E-state index in [9.17, 15) is 28.6 Å². The van der Waals surface area contributed by atoms with Crippen LogP contribution in [0.25, 0.3) is 0 Å². The van der Waals surface area contributed by atoms with Crippen molar-refractivity contribution in [1.82, 2.24) is 0 Å². The zero-order valence-electron chi connectivity index (χ0n) is 12.2. The van der Waals surface area contributed by atoms with Gasteiger partial charge in [-0.05, 0) is 43.2 Å². The molecule has 0 saturated carbocycles. The van der Waals surface area contributed by atoms with Crippen LogP contribution < -0.4 is 0 Å². The molecule has 0 bridgehead atoms. The van der Waals surface area contributed by atoms with E-state index in [0.29, 0.717) is 6.07 Å². The second kappa shape index (κ2) is 5.76. The fourth-order valence-electron chi connectivity index (χ4n) is 2.00. The Morgan fingerprint density at radius 1 is 0.870 bits per heavy atom. The van der Waals surface area contributed by atoms with Crippen molar-refractivity contribution in [3.63, 3.8) is 0 Å². The maximum Gasteiger partial charge on any atom is 0.295 e. The third-order valence-corrected chi connectivity index (χ3v) is 5.23. The minimum atomic E-state index is -4.16. The van der Waals surface area contributed by atoms with Gasteiger partial charge in [0.05, 0.1) is 20.8 Å². The lowest BCUT2D eigenvalue weighted by atomic mass is 10.1. The number of nitro groups is 2. The van der Waals surface area contributed by atoms with E-state index in [1.165, 1.54) is 12.1 Å². The van der Waals surface area contributed by atoms with Gasteiger partial charge in [-0.25, -0.2) is 8.42 Å². The van der Waals surface area contributed by atoms with Gasteiger partial charge in [-0.15, -0.1) is 0 Å². The lowest BCUT2D eigenvalue weighted by Crippen LogP contribution is -2.07. The molecule has 0 heterocycles. The summed E-state index contributed by atoms with van der Waals surface area (Å²) in [6, 6.07) is 6.83. The molecular formula is C14H12N2O6S. The first-order chi connectivity index (χ1) is 10.6. The van der Waals surface area contributed by atoms with Crippen LogP contribution in [0.4, 0.5) is 11.4 Å². The van der Waals surface area contributed by atoms with E-state index < -0.39 is 36.0 Å². The Hall–Kier alpha value is -2.81. The molecule has 0 amide bonds. The van der Waals surface area contributed by atoms with Gasteiger partial charge in [0.25, 0.3) is 11.4 Å². The monoisotopic (exact) mass is 336 g/mol. The van der Waals surface area contributed by atoms with Gasteiger partial charge in [0.15, 0.2) is 0 Å². The number of sulfone groups is 1. The Morgan fingerprint density at radius 2 is 1.52 bits per heavy atom. The fourth-order valence-corrected chi connectivity index (χ4v) is 3.49. The van der Waals surface area contributed by atoms with Crippen molar-refractivity contribution in [2.75, 3.05) is 0 Å². The number of hydrogen-bond donors (Lipinski definition) is 0. The van der Waals surface area contributed by atoms with Gasteiger partial charge < -0.3 is 0 Å². The van der Waals surface area contributed by atoms with Crippen LogP contribution in [0.3, 0.4) is 0 Å². The number of nitrogens with zero attached hydrogens (tertiary/aromatic N) is 2. The number of non-ortho nitro benzene ring substituents is 1. The van der Waals surface area contributed by atoms with Crippen molar-refractivity contribution in [2.24, 2.45) is 0 Å². The molecule has 0 atom stereocenters. The molecular weight excluding hydrogens is 324 g/mol. The van der Waals surface area contributed by atoms with Crippen molar-refractivity contribution in [3.8, 4) is 0 Å². The minimum Gasteiger partial charge on any atom is -0.258 e. The van der Waals surface area contributed by atoms with E-state index in [2.05, 4.69) is 0 Å². The number of rotatable bonds is 4. The summed E-state index contributed by atoms with van der Waals surface area (Å²) in [6.45, 7) is 3.53. The normalized spacial score (nSPS) is 11.2. The van der Waals surface area contributed by atoms with Crippen LogP contribution in [0.5, 0.6) is 0 Å². The summed E-state index contributed by atoms with van der Waals surface area (Å²) in [6.07, 6.45) is 0. The molecule has 120 valence electrons. The molecule has 0 radical (unpaired) electrons. The highest BCUT2D eigenvalue weighted by Gasteiger charge is 2.30. The number of hydrogen-bond acceptors (Lipinski definition) is 6. The van der Waals surface area contributed by atoms with Crippen LogP contribution in [0.15, 0.2) is 46.2 Å². The molecule has 0 aliphatic rings. The van der Waals surface area contributed by atoms with Crippen molar-refractivity contribution in [3.05, 3.63) is 67.8 Å². The van der Waals surface area contributed by atoms with E-state index in [-0.39, 0.29) is 4.90 Å². The standard InChI is InChI=1S/C14H12N2O6S/c1-9-3-5-12(7-10(9)2)23(21,22)14-6-4-11(15(17)18)8-13(14)16(19)20/h3-8H,1-2H3. The molecule has 0 unspecified atom stereocenters. The second-order valence-corrected chi connectivity index (χ2v) is 6.83. The Labute approximate surface area is 131 Å². The molecule has 0 aromatic heterocycles. The van der Waals surface area contributed by atoms with Crippen LogP contribution >= 0.6 is 0 Å². The van der Waals surface area contributed by atoms with Crippen LogP contribution in [0, 0.1) is 34.1 Å². The van der Waals surface area contributed by atoms with Crippen molar-refractivity contribution < 1.29 is 18.3 Å². The lowest BCUT2D eigenvalue weighted by molar-refractivity contribution is -0.396. The van der Waals surface area contributed by atoms with Crippen LogP contribution in [-0.2, 0) is 9.84 Å². The summed E-state index contributed by atoms with van der Waals surface area (Å²) in [7, 11) is -4.16. The third-order valence-electron chi connectivity index (χ3n) is 3.43. The topological polar surface area (TPSA) is 120 Å². The van der Waals surface area contributed by atoms with E-state index in [0.717, 1.165) is 23.3 Å². The summed E-state index contributed by atoms with van der Waals surface area (Å²) in [4.78, 5) is 19.4. The fraction of sp³-hybridized carbons (Fsp3) is 0.143. The molecule has 0 N–H and O–H groups in total. The Bertz CT molecular complexity index is 921. The Balaban J connectivity index is 2.70. The number of aryl methyl sites for hydroxylation is 2. The average Bonchev–Trinajstić information content (AvgIpc) is 2.49. The second-order valence-electron chi connectivity index (χ2n) is 4.92. The molecule has 0 saturated heterocycles. The summed E-state index contributed by atoms with van der Waals surface area (Å²) in [5.41, 5.74) is 0.228. The first-order valence-electron chi connectivity index (χ1n) is 6.40. The summed E-state index contributed by atoms with van der Waals surface area (Å²) < 4.78 is 25.3. The predicted octanol–water partition coefficient (Wildman–Crippen LogP) is 2.95. The summed E-state index contributed by atoms with van der Waals surface area (Å²) >= 11 is 0. The van der Waals surface area contributed by atoms with Gasteiger partial charge >= 0.3 is 0 Å². The highest BCUT2D eigenvalue weighted by Crippen LogP contribution is 2.32. The molecule has 2 aromatic carbocycles. The molecule has 0 aliphatic carbocycles. The SMILES string of the molecule is Cc1ccc(S(=O)(=O)c2ccc([N+](=O)[O-])cc2[N+](=O)[O-])cc1C. The molecule has 23 heavy (non-hydrogen) atoms. The van der Waals surface area contributed by atoms with E-state index in [1.807, 2.05) is 0 Å². The van der Waals surface area contributed by atoms with Gasteiger partial charge in [0, 0.05) is 6.07 Å². The summed E-state index contributed by atoms with van der Waals surface area (Å²) in [5.74, 6) is 0. The maximum atomic E-state index is 12.6. The molecule has 2 aromatic rings. The van der Waals surface area contributed by atoms with Crippen LogP contribution in [0.1, 0.15) is 11.1 Å². The van der Waals surface area contributed by atoms with Crippen LogP contribution in [-0.4, -0.2) is 18.3 Å². The molecule has 2 rings (SSSR count).